The third kappa shape index (κ3) is 3.94. The Kier molecular flexibility index (Phi) is 4.89. The molecule has 0 unspecified atom stereocenters. The van der Waals surface area contributed by atoms with Gasteiger partial charge in [-0.15, -0.1) is 0 Å². The van der Waals surface area contributed by atoms with Gasteiger partial charge in [0.05, 0.1) is 0 Å². The Morgan fingerprint density at radius 2 is 1.61 bits per heavy atom. The van der Waals surface area contributed by atoms with Gasteiger partial charge in [0.1, 0.15) is 23.5 Å². The number of nitrogens with one attached hydrogen (secondary N) is 1. The van der Waals surface area contributed by atoms with E-state index in [9.17, 15) is 9.59 Å². The van der Waals surface area contributed by atoms with Crippen LogP contribution in [0, 0.1) is 0 Å². The minimum atomic E-state index is -0.693. The van der Waals surface area contributed by atoms with E-state index < -0.39 is 11.5 Å². The third-order valence-electron chi connectivity index (χ3n) is 4.23. The average molecular weight is 371 g/mol. The second-order valence-corrected chi connectivity index (χ2v) is 6.24. The number of carbonyl (C=O) groups is 1. The quantitative estimate of drug-likeness (QED) is 0.520. The molecule has 0 atom stereocenters. The molecule has 0 aliphatic rings. The highest BCUT2D eigenvalue weighted by atomic mass is 16.5. The smallest absolute Gasteiger partial charge is 0.349 e. The molecule has 5 heteroatoms. The van der Waals surface area contributed by atoms with Crippen molar-refractivity contribution in [3.8, 4) is 5.75 Å². The molecule has 0 saturated carbocycles. The Morgan fingerprint density at radius 3 is 2.36 bits per heavy atom. The highest BCUT2D eigenvalue weighted by Gasteiger charge is 2.14. The summed E-state index contributed by atoms with van der Waals surface area (Å²) in [7, 11) is 0. The molecule has 3 aromatic carbocycles. The fourth-order valence-electron chi connectivity index (χ4n) is 2.80. The highest BCUT2D eigenvalue weighted by Crippen LogP contribution is 2.22. The van der Waals surface area contributed by atoms with Gasteiger partial charge in [0.2, 0.25) is 0 Å². The van der Waals surface area contributed by atoms with Gasteiger partial charge in [0.25, 0.3) is 5.91 Å². The van der Waals surface area contributed by atoms with Gasteiger partial charge >= 0.3 is 5.63 Å². The van der Waals surface area contributed by atoms with E-state index >= 15 is 0 Å². The molecule has 4 aromatic rings. The van der Waals surface area contributed by atoms with Crippen molar-refractivity contribution in [3.05, 3.63) is 106 Å². The van der Waals surface area contributed by atoms with Crippen molar-refractivity contribution in [1.82, 2.24) is 0 Å². The molecule has 0 aliphatic carbocycles. The van der Waals surface area contributed by atoms with Gasteiger partial charge in [-0.1, -0.05) is 48.5 Å². The van der Waals surface area contributed by atoms with Crippen LogP contribution in [0.2, 0.25) is 0 Å². The Morgan fingerprint density at radius 1 is 0.893 bits per heavy atom. The second kappa shape index (κ2) is 7.80. The molecule has 1 heterocycles. The summed E-state index contributed by atoms with van der Waals surface area (Å²) in [6.07, 6.45) is 0. The van der Waals surface area contributed by atoms with Gasteiger partial charge in [0, 0.05) is 17.1 Å². The lowest BCUT2D eigenvalue weighted by molar-refractivity contribution is 0.102. The van der Waals surface area contributed by atoms with Crippen molar-refractivity contribution in [1.29, 1.82) is 0 Å². The van der Waals surface area contributed by atoms with Crippen LogP contribution >= 0.6 is 0 Å². The van der Waals surface area contributed by atoms with E-state index in [1.54, 1.807) is 42.5 Å². The minimum absolute atomic E-state index is 0.0469. The molecular weight excluding hydrogens is 354 g/mol. The molecule has 5 nitrogen and oxygen atoms in total. The summed E-state index contributed by atoms with van der Waals surface area (Å²) in [5.74, 6) is 0.0762. The lowest BCUT2D eigenvalue weighted by Gasteiger charge is -2.08. The number of fused-ring (bicyclic) bond motifs is 1. The van der Waals surface area contributed by atoms with E-state index in [1.165, 1.54) is 6.07 Å². The van der Waals surface area contributed by atoms with Crippen molar-refractivity contribution in [3.63, 3.8) is 0 Å². The van der Waals surface area contributed by atoms with Crippen molar-refractivity contribution in [2.45, 2.75) is 6.61 Å². The first-order valence-corrected chi connectivity index (χ1v) is 8.80. The van der Waals surface area contributed by atoms with Crippen LogP contribution < -0.4 is 15.7 Å². The molecule has 0 radical (unpaired) electrons. The molecule has 28 heavy (non-hydrogen) atoms. The standard InChI is InChI=1S/C23H17NO4/c25-22(24-18-9-5-2-6-10-18)20-13-17-11-12-19(14-21(17)28-23(20)26)27-15-16-7-3-1-4-8-16/h1-14H,15H2,(H,24,25). The van der Waals surface area contributed by atoms with Crippen molar-refractivity contribution in [2.24, 2.45) is 0 Å². The molecule has 1 aromatic heterocycles. The molecule has 4 rings (SSSR count). The summed E-state index contributed by atoms with van der Waals surface area (Å²) < 4.78 is 11.1. The summed E-state index contributed by atoms with van der Waals surface area (Å²) in [4.78, 5) is 24.7. The van der Waals surface area contributed by atoms with Gasteiger partial charge < -0.3 is 14.5 Å². The molecule has 0 bridgehead atoms. The molecular formula is C23H17NO4. The SMILES string of the molecule is O=C(Nc1ccccc1)c1cc2ccc(OCc3ccccc3)cc2oc1=O. The fourth-order valence-corrected chi connectivity index (χ4v) is 2.80. The number of benzene rings is 3. The zero-order valence-corrected chi connectivity index (χ0v) is 14.9. The summed E-state index contributed by atoms with van der Waals surface area (Å²) in [5, 5.41) is 3.33. The summed E-state index contributed by atoms with van der Waals surface area (Å²) in [6.45, 7) is 0.411. The van der Waals surface area contributed by atoms with E-state index in [0.29, 0.717) is 29.0 Å². The van der Waals surface area contributed by atoms with E-state index in [2.05, 4.69) is 5.32 Å². The van der Waals surface area contributed by atoms with E-state index in [4.69, 9.17) is 9.15 Å². The molecule has 0 spiro atoms. The van der Waals surface area contributed by atoms with E-state index in [0.717, 1.165) is 5.56 Å². The third-order valence-corrected chi connectivity index (χ3v) is 4.23. The number of amides is 1. The van der Waals surface area contributed by atoms with Crippen molar-refractivity contribution in [2.75, 3.05) is 5.32 Å². The van der Waals surface area contributed by atoms with E-state index in [1.807, 2.05) is 36.4 Å². The first-order valence-electron chi connectivity index (χ1n) is 8.80. The lowest BCUT2D eigenvalue weighted by Crippen LogP contribution is -2.20. The average Bonchev–Trinajstić information content (AvgIpc) is 2.73. The first kappa shape index (κ1) is 17.5. The van der Waals surface area contributed by atoms with Crippen LogP contribution in [0.3, 0.4) is 0 Å². The topological polar surface area (TPSA) is 68.5 Å². The maximum absolute atomic E-state index is 12.4. The Hall–Kier alpha value is -3.86. The predicted molar refractivity (Wildman–Crippen MR) is 108 cm³/mol. The maximum Gasteiger partial charge on any atom is 0.349 e. The lowest BCUT2D eigenvalue weighted by atomic mass is 10.1. The van der Waals surface area contributed by atoms with Crippen LogP contribution in [-0.4, -0.2) is 5.91 Å². The predicted octanol–water partition coefficient (Wildman–Crippen LogP) is 4.62. The summed E-state index contributed by atoms with van der Waals surface area (Å²) in [6, 6.07) is 25.4. The minimum Gasteiger partial charge on any atom is -0.489 e. The van der Waals surface area contributed by atoms with Crippen molar-refractivity contribution >= 4 is 22.6 Å². The number of anilines is 1. The summed E-state index contributed by atoms with van der Waals surface area (Å²) in [5.41, 5.74) is 1.27. The maximum atomic E-state index is 12.4. The largest absolute Gasteiger partial charge is 0.489 e. The van der Waals surface area contributed by atoms with Crippen LogP contribution in [-0.2, 0) is 6.61 Å². The Balaban J connectivity index is 1.55. The monoisotopic (exact) mass is 371 g/mol. The normalized spacial score (nSPS) is 10.6. The van der Waals surface area contributed by atoms with Gasteiger partial charge in [-0.3, -0.25) is 4.79 Å². The first-order chi connectivity index (χ1) is 13.7. The number of para-hydroxylation sites is 1. The Bertz CT molecular complexity index is 1170. The van der Waals surface area contributed by atoms with Gasteiger partial charge in [-0.2, -0.15) is 0 Å². The number of hydrogen-bond donors (Lipinski definition) is 1. The second-order valence-electron chi connectivity index (χ2n) is 6.24. The van der Waals surface area contributed by atoms with E-state index in [-0.39, 0.29) is 5.56 Å². The molecule has 0 aliphatic heterocycles. The van der Waals surface area contributed by atoms with Gasteiger partial charge in [-0.25, -0.2) is 4.79 Å². The molecule has 0 fully saturated rings. The molecule has 138 valence electrons. The number of carbonyl (C=O) groups excluding carboxylic acids is 1. The van der Waals surface area contributed by atoms with Crippen molar-refractivity contribution < 1.29 is 13.9 Å². The highest BCUT2D eigenvalue weighted by molar-refractivity contribution is 6.05. The number of ether oxygens (including phenoxy) is 1. The molecule has 1 N–H and O–H groups in total. The van der Waals surface area contributed by atoms with Crippen LogP contribution in [0.4, 0.5) is 5.69 Å². The zero-order valence-electron chi connectivity index (χ0n) is 14.9. The summed E-state index contributed by atoms with van der Waals surface area (Å²) >= 11 is 0. The number of hydrogen-bond acceptors (Lipinski definition) is 4. The Labute approximate surface area is 161 Å². The van der Waals surface area contributed by atoms with Gasteiger partial charge in [0.15, 0.2) is 0 Å². The zero-order chi connectivity index (χ0) is 19.3. The van der Waals surface area contributed by atoms with Gasteiger partial charge in [-0.05, 0) is 35.9 Å². The van der Waals surface area contributed by atoms with Crippen LogP contribution in [0.25, 0.3) is 11.0 Å². The van der Waals surface area contributed by atoms with Crippen LogP contribution in [0.15, 0.2) is 94.1 Å². The number of rotatable bonds is 5. The molecule has 0 saturated heterocycles. The molecule has 1 amide bonds. The van der Waals surface area contributed by atoms with Crippen LogP contribution in [0.1, 0.15) is 15.9 Å². The fraction of sp³-hybridized carbons (Fsp3) is 0.0435. The van der Waals surface area contributed by atoms with Crippen LogP contribution in [0.5, 0.6) is 5.75 Å².